The maximum atomic E-state index is 13.0. The average molecular weight is 305 g/mol. The van der Waals surface area contributed by atoms with Crippen LogP contribution in [0.1, 0.15) is 50.2 Å². The van der Waals surface area contributed by atoms with Gasteiger partial charge < -0.3 is 0 Å². The molecule has 1 aliphatic carbocycles. The summed E-state index contributed by atoms with van der Waals surface area (Å²) in [6.45, 7) is 7.44. The van der Waals surface area contributed by atoms with Gasteiger partial charge in [-0.05, 0) is 44.4 Å². The highest BCUT2D eigenvalue weighted by Crippen LogP contribution is 2.31. The van der Waals surface area contributed by atoms with Crippen LogP contribution in [0.3, 0.4) is 0 Å². The lowest BCUT2D eigenvalue weighted by atomic mass is 9.82. The number of aromatic nitrogens is 1. The lowest BCUT2D eigenvalue weighted by molar-refractivity contribution is 0.0968. The van der Waals surface area contributed by atoms with Crippen LogP contribution in [0.15, 0.2) is 41.5 Å². The number of Topliss-reactive ketones (excluding diaryl/α,β-unsaturated/α-hetero) is 2. The minimum absolute atomic E-state index is 0.0611. The summed E-state index contributed by atoms with van der Waals surface area (Å²) in [7, 11) is 0. The second kappa shape index (κ2) is 5.58. The number of hydrogen-bond donors (Lipinski definition) is 0. The van der Waals surface area contributed by atoms with Gasteiger partial charge in [-0.1, -0.05) is 30.3 Å². The lowest BCUT2D eigenvalue weighted by Crippen LogP contribution is -2.25. The molecule has 2 aromatic rings. The molecule has 1 aliphatic rings. The van der Waals surface area contributed by atoms with Crippen molar-refractivity contribution >= 4 is 11.6 Å². The molecule has 1 heterocycles. The van der Waals surface area contributed by atoms with Crippen LogP contribution in [0, 0.1) is 20.8 Å². The van der Waals surface area contributed by atoms with E-state index < -0.39 is 0 Å². The number of ketones is 2. The van der Waals surface area contributed by atoms with Crippen LogP contribution >= 0.6 is 0 Å². The maximum absolute atomic E-state index is 13.0. The van der Waals surface area contributed by atoms with Crippen LogP contribution in [-0.2, 0) is 6.42 Å². The third-order valence-corrected chi connectivity index (χ3v) is 4.73. The molecule has 1 aromatic carbocycles. The average Bonchev–Trinajstić information content (AvgIpc) is 2.55. The van der Waals surface area contributed by atoms with E-state index in [-0.39, 0.29) is 11.6 Å². The third-order valence-electron chi connectivity index (χ3n) is 4.73. The van der Waals surface area contributed by atoms with Gasteiger partial charge >= 0.3 is 0 Å². The number of rotatable bonds is 2. The molecule has 0 atom stereocenters. The SMILES string of the molecule is CC1=C(Cc2ccccc2)C(=O)c2c(nc(C)c(C)c2C)C1=O. The number of fused-ring (bicyclic) bond motifs is 1. The van der Waals surface area contributed by atoms with Crippen molar-refractivity contribution in [3.8, 4) is 0 Å². The van der Waals surface area contributed by atoms with E-state index in [1.807, 2.05) is 51.1 Å². The van der Waals surface area contributed by atoms with E-state index in [0.29, 0.717) is 28.8 Å². The fourth-order valence-electron chi connectivity index (χ4n) is 3.03. The van der Waals surface area contributed by atoms with Crippen LogP contribution in [0.2, 0.25) is 0 Å². The summed E-state index contributed by atoms with van der Waals surface area (Å²) in [5.41, 5.74) is 5.57. The minimum atomic E-state index is -0.128. The van der Waals surface area contributed by atoms with Crippen molar-refractivity contribution in [1.82, 2.24) is 4.98 Å². The second-order valence-corrected chi connectivity index (χ2v) is 6.09. The Hall–Kier alpha value is -2.55. The van der Waals surface area contributed by atoms with Gasteiger partial charge in [0.05, 0.1) is 5.56 Å². The minimum Gasteiger partial charge on any atom is -0.289 e. The molecule has 0 saturated carbocycles. The summed E-state index contributed by atoms with van der Waals surface area (Å²) >= 11 is 0. The summed E-state index contributed by atoms with van der Waals surface area (Å²) in [6, 6.07) is 9.76. The van der Waals surface area contributed by atoms with Crippen LogP contribution in [0.25, 0.3) is 0 Å². The van der Waals surface area contributed by atoms with E-state index in [9.17, 15) is 9.59 Å². The van der Waals surface area contributed by atoms with Crippen LogP contribution in [0.5, 0.6) is 0 Å². The first-order valence-corrected chi connectivity index (χ1v) is 7.72. The zero-order chi connectivity index (χ0) is 16.7. The predicted molar refractivity (Wildman–Crippen MR) is 90.0 cm³/mol. The van der Waals surface area contributed by atoms with E-state index in [4.69, 9.17) is 0 Å². The van der Waals surface area contributed by atoms with Gasteiger partial charge in [0.25, 0.3) is 0 Å². The number of carbonyl (C=O) groups excluding carboxylic acids is 2. The van der Waals surface area contributed by atoms with Crippen molar-refractivity contribution in [1.29, 1.82) is 0 Å². The predicted octanol–water partition coefficient (Wildman–Crippen LogP) is 3.95. The molecule has 0 aliphatic heterocycles. The molecule has 0 N–H and O–H groups in total. The van der Waals surface area contributed by atoms with Crippen molar-refractivity contribution < 1.29 is 9.59 Å². The highest BCUT2D eigenvalue weighted by atomic mass is 16.1. The molecule has 0 amide bonds. The summed E-state index contributed by atoms with van der Waals surface area (Å²) in [6.07, 6.45) is 0.475. The van der Waals surface area contributed by atoms with Crippen LogP contribution in [0.4, 0.5) is 0 Å². The summed E-state index contributed by atoms with van der Waals surface area (Å²) in [5, 5.41) is 0. The van der Waals surface area contributed by atoms with Gasteiger partial charge in [0.2, 0.25) is 5.78 Å². The fourth-order valence-corrected chi connectivity index (χ4v) is 3.03. The number of benzene rings is 1. The third kappa shape index (κ3) is 2.42. The number of allylic oxidation sites excluding steroid dienone is 2. The lowest BCUT2D eigenvalue weighted by Gasteiger charge is -2.22. The van der Waals surface area contributed by atoms with Gasteiger partial charge in [-0.2, -0.15) is 0 Å². The summed E-state index contributed by atoms with van der Waals surface area (Å²) in [4.78, 5) is 30.1. The Morgan fingerprint density at radius 1 is 0.870 bits per heavy atom. The Balaban J connectivity index is 2.15. The van der Waals surface area contributed by atoms with Crippen molar-refractivity contribution in [3.05, 3.63) is 75.1 Å². The topological polar surface area (TPSA) is 47.0 Å². The van der Waals surface area contributed by atoms with Gasteiger partial charge in [0, 0.05) is 23.3 Å². The standard InChI is InChI=1S/C20H19NO2/c1-11-12(2)17-18(21-14(11)4)19(22)13(3)16(20(17)23)10-15-8-6-5-7-9-15/h5-9H,10H2,1-4H3. The molecule has 0 spiro atoms. The first-order chi connectivity index (χ1) is 10.9. The fraction of sp³-hybridized carbons (Fsp3) is 0.250. The Labute approximate surface area is 136 Å². The van der Waals surface area contributed by atoms with E-state index >= 15 is 0 Å². The Kier molecular flexibility index (Phi) is 3.72. The zero-order valence-electron chi connectivity index (χ0n) is 13.9. The molecule has 0 saturated heterocycles. The number of aryl methyl sites for hydroxylation is 1. The first kappa shape index (κ1) is 15.3. The van der Waals surface area contributed by atoms with E-state index in [0.717, 1.165) is 22.4 Å². The molecule has 1 aromatic heterocycles. The number of pyridine rings is 1. The first-order valence-electron chi connectivity index (χ1n) is 7.72. The van der Waals surface area contributed by atoms with Crippen molar-refractivity contribution in [2.75, 3.05) is 0 Å². The van der Waals surface area contributed by atoms with Crippen LogP contribution < -0.4 is 0 Å². The quantitative estimate of drug-likeness (QED) is 0.844. The monoisotopic (exact) mass is 305 g/mol. The molecule has 0 unspecified atom stereocenters. The van der Waals surface area contributed by atoms with Crippen molar-refractivity contribution in [2.45, 2.75) is 34.1 Å². The normalized spacial score (nSPS) is 14.3. The zero-order valence-corrected chi connectivity index (χ0v) is 13.9. The molecular weight excluding hydrogens is 286 g/mol. The van der Waals surface area contributed by atoms with Gasteiger partial charge in [-0.15, -0.1) is 0 Å². The van der Waals surface area contributed by atoms with E-state index in [2.05, 4.69) is 4.98 Å². The molecule has 116 valence electrons. The van der Waals surface area contributed by atoms with Crippen molar-refractivity contribution in [3.63, 3.8) is 0 Å². The molecule has 0 bridgehead atoms. The maximum Gasteiger partial charge on any atom is 0.208 e. The summed E-state index contributed by atoms with van der Waals surface area (Å²) < 4.78 is 0. The molecule has 0 fully saturated rings. The highest BCUT2D eigenvalue weighted by molar-refractivity contribution is 6.26. The second-order valence-electron chi connectivity index (χ2n) is 6.09. The van der Waals surface area contributed by atoms with Gasteiger partial charge in [-0.25, -0.2) is 4.98 Å². The Morgan fingerprint density at radius 3 is 2.17 bits per heavy atom. The molecule has 3 heteroatoms. The van der Waals surface area contributed by atoms with Crippen LogP contribution in [-0.4, -0.2) is 16.6 Å². The number of hydrogen-bond acceptors (Lipinski definition) is 3. The Morgan fingerprint density at radius 2 is 1.52 bits per heavy atom. The molecule has 23 heavy (non-hydrogen) atoms. The molecule has 3 rings (SSSR count). The summed E-state index contributed by atoms with van der Waals surface area (Å²) in [5.74, 6) is -0.189. The van der Waals surface area contributed by atoms with Gasteiger partial charge in [0.15, 0.2) is 5.78 Å². The molecule has 3 nitrogen and oxygen atoms in total. The highest BCUT2D eigenvalue weighted by Gasteiger charge is 2.33. The smallest absolute Gasteiger partial charge is 0.208 e. The number of carbonyl (C=O) groups is 2. The number of nitrogens with zero attached hydrogens (tertiary/aromatic N) is 1. The molecular formula is C20H19NO2. The molecule has 0 radical (unpaired) electrons. The van der Waals surface area contributed by atoms with E-state index in [1.165, 1.54) is 0 Å². The van der Waals surface area contributed by atoms with Gasteiger partial charge in [-0.3, -0.25) is 9.59 Å². The van der Waals surface area contributed by atoms with E-state index in [1.54, 1.807) is 6.92 Å². The Bertz CT molecular complexity index is 861. The van der Waals surface area contributed by atoms with Gasteiger partial charge in [0.1, 0.15) is 5.69 Å². The van der Waals surface area contributed by atoms with Crippen molar-refractivity contribution in [2.24, 2.45) is 0 Å². The largest absolute Gasteiger partial charge is 0.289 e.